The number of hydrogen-bond acceptors (Lipinski definition) is 2. The Kier molecular flexibility index (Phi) is 7.91. The van der Waals surface area contributed by atoms with Crippen molar-refractivity contribution in [2.45, 2.75) is 45.1 Å². The Morgan fingerprint density at radius 1 is 1.26 bits per heavy atom. The predicted molar refractivity (Wildman–Crippen MR) is 80.1 cm³/mol. The van der Waals surface area contributed by atoms with Crippen LogP contribution in [0.25, 0.3) is 0 Å². The van der Waals surface area contributed by atoms with Crippen LogP contribution in [-0.2, 0) is 11.2 Å². The van der Waals surface area contributed by atoms with Crippen LogP contribution in [0.15, 0.2) is 30.3 Å². The van der Waals surface area contributed by atoms with Gasteiger partial charge in [-0.15, -0.1) is 0 Å². The molecule has 1 rings (SSSR count). The molecular weight excluding hydrogens is 236 g/mol. The van der Waals surface area contributed by atoms with Crippen LogP contribution in [0.3, 0.4) is 0 Å². The minimum Gasteiger partial charge on any atom is -0.353 e. The van der Waals surface area contributed by atoms with Gasteiger partial charge in [0.1, 0.15) is 0 Å². The van der Waals surface area contributed by atoms with Crippen molar-refractivity contribution >= 4 is 5.91 Å². The molecule has 1 aromatic carbocycles. The molecule has 0 heterocycles. The molecule has 3 nitrogen and oxygen atoms in total. The lowest BCUT2D eigenvalue weighted by atomic mass is 10.0. The number of carbonyl (C=O) groups is 1. The summed E-state index contributed by atoms with van der Waals surface area (Å²) in [4.78, 5) is 11.9. The van der Waals surface area contributed by atoms with Gasteiger partial charge in [-0.05, 0) is 38.4 Å². The number of rotatable bonds is 9. The van der Waals surface area contributed by atoms with E-state index in [2.05, 4.69) is 29.7 Å². The first-order valence-electron chi connectivity index (χ1n) is 7.24. The molecular formula is C16H26N2O. The van der Waals surface area contributed by atoms with Crippen LogP contribution in [0.1, 0.15) is 38.2 Å². The molecule has 0 fully saturated rings. The van der Waals surface area contributed by atoms with Crippen molar-refractivity contribution in [2.75, 3.05) is 13.6 Å². The van der Waals surface area contributed by atoms with E-state index in [4.69, 9.17) is 0 Å². The highest BCUT2D eigenvalue weighted by atomic mass is 16.1. The summed E-state index contributed by atoms with van der Waals surface area (Å²) in [6.07, 6.45) is 4.55. The fraction of sp³-hybridized carbons (Fsp3) is 0.562. The van der Waals surface area contributed by atoms with Crippen molar-refractivity contribution in [1.29, 1.82) is 0 Å². The monoisotopic (exact) mass is 262 g/mol. The van der Waals surface area contributed by atoms with E-state index in [1.807, 2.05) is 25.2 Å². The number of benzene rings is 1. The zero-order chi connectivity index (χ0) is 13.9. The van der Waals surface area contributed by atoms with E-state index in [9.17, 15) is 4.79 Å². The van der Waals surface area contributed by atoms with Gasteiger partial charge < -0.3 is 10.6 Å². The van der Waals surface area contributed by atoms with Gasteiger partial charge in [0, 0.05) is 12.5 Å². The minimum atomic E-state index is 0.171. The largest absolute Gasteiger partial charge is 0.353 e. The van der Waals surface area contributed by atoms with Crippen LogP contribution in [0, 0.1) is 0 Å². The van der Waals surface area contributed by atoms with E-state index in [1.165, 1.54) is 5.56 Å². The van der Waals surface area contributed by atoms with Gasteiger partial charge in [0.2, 0.25) is 5.91 Å². The molecule has 0 saturated heterocycles. The molecule has 0 aromatic heterocycles. The molecule has 0 aliphatic heterocycles. The smallest absolute Gasteiger partial charge is 0.220 e. The van der Waals surface area contributed by atoms with E-state index in [0.717, 1.165) is 32.2 Å². The van der Waals surface area contributed by atoms with Crippen molar-refractivity contribution in [1.82, 2.24) is 10.6 Å². The second-order valence-corrected chi connectivity index (χ2v) is 4.95. The lowest BCUT2D eigenvalue weighted by Crippen LogP contribution is -2.36. The highest BCUT2D eigenvalue weighted by Crippen LogP contribution is 2.08. The summed E-state index contributed by atoms with van der Waals surface area (Å²) < 4.78 is 0. The van der Waals surface area contributed by atoms with Gasteiger partial charge in [-0.2, -0.15) is 0 Å². The Bertz CT molecular complexity index is 351. The van der Waals surface area contributed by atoms with Gasteiger partial charge in [-0.1, -0.05) is 43.7 Å². The normalized spacial score (nSPS) is 12.1. The Balaban J connectivity index is 2.41. The summed E-state index contributed by atoms with van der Waals surface area (Å²) in [6, 6.07) is 10.6. The Morgan fingerprint density at radius 3 is 2.63 bits per heavy atom. The number of nitrogens with one attached hydrogen (secondary N) is 2. The third-order valence-electron chi connectivity index (χ3n) is 3.16. The van der Waals surface area contributed by atoms with Crippen LogP contribution in [0.5, 0.6) is 0 Å². The Hall–Kier alpha value is -1.35. The zero-order valence-corrected chi connectivity index (χ0v) is 12.1. The highest BCUT2D eigenvalue weighted by Gasteiger charge is 2.11. The van der Waals surface area contributed by atoms with Crippen LogP contribution in [-0.4, -0.2) is 25.5 Å². The molecule has 0 radical (unpaired) electrons. The van der Waals surface area contributed by atoms with Gasteiger partial charge in [-0.3, -0.25) is 4.79 Å². The van der Waals surface area contributed by atoms with Crippen LogP contribution in [0.4, 0.5) is 0 Å². The fourth-order valence-electron chi connectivity index (χ4n) is 2.20. The van der Waals surface area contributed by atoms with Crippen molar-refractivity contribution in [3.8, 4) is 0 Å². The van der Waals surface area contributed by atoms with Crippen LogP contribution in [0.2, 0.25) is 0 Å². The lowest BCUT2D eigenvalue weighted by Gasteiger charge is -2.18. The third-order valence-corrected chi connectivity index (χ3v) is 3.16. The molecule has 1 atom stereocenters. The first kappa shape index (κ1) is 15.7. The molecule has 2 N–H and O–H groups in total. The Labute approximate surface area is 116 Å². The molecule has 19 heavy (non-hydrogen) atoms. The van der Waals surface area contributed by atoms with E-state index in [1.54, 1.807) is 0 Å². The molecule has 1 aromatic rings. The molecule has 0 bridgehead atoms. The molecule has 0 aliphatic rings. The molecule has 0 aliphatic carbocycles. The summed E-state index contributed by atoms with van der Waals surface area (Å²) in [7, 11) is 1.91. The van der Waals surface area contributed by atoms with Crippen molar-refractivity contribution in [2.24, 2.45) is 0 Å². The number of hydrogen-bond donors (Lipinski definition) is 2. The third kappa shape index (κ3) is 6.97. The maximum Gasteiger partial charge on any atom is 0.220 e. The Morgan fingerprint density at radius 2 is 2.00 bits per heavy atom. The molecule has 106 valence electrons. The molecule has 1 amide bonds. The maximum absolute atomic E-state index is 11.9. The average Bonchev–Trinajstić information content (AvgIpc) is 2.40. The standard InChI is InChI=1S/C16H26N2O/c1-3-8-15(13-14-9-5-4-6-10-14)18-16(19)11-7-12-17-2/h4-6,9-10,15,17H,3,7-8,11-13H2,1-2H3,(H,18,19). The minimum absolute atomic E-state index is 0.171. The summed E-state index contributed by atoms with van der Waals surface area (Å²) in [5, 5.41) is 6.22. The highest BCUT2D eigenvalue weighted by molar-refractivity contribution is 5.76. The van der Waals surface area contributed by atoms with Crippen molar-refractivity contribution in [3.05, 3.63) is 35.9 Å². The summed E-state index contributed by atoms with van der Waals surface area (Å²) >= 11 is 0. The predicted octanol–water partition coefficient (Wildman–Crippen LogP) is 2.51. The first-order valence-corrected chi connectivity index (χ1v) is 7.24. The van der Waals surface area contributed by atoms with Gasteiger partial charge in [0.25, 0.3) is 0 Å². The van der Waals surface area contributed by atoms with E-state index < -0.39 is 0 Å². The van der Waals surface area contributed by atoms with Gasteiger partial charge >= 0.3 is 0 Å². The second kappa shape index (κ2) is 9.56. The van der Waals surface area contributed by atoms with Gasteiger partial charge in [0.15, 0.2) is 0 Å². The average molecular weight is 262 g/mol. The maximum atomic E-state index is 11.9. The van der Waals surface area contributed by atoms with Crippen LogP contribution < -0.4 is 10.6 Å². The quantitative estimate of drug-likeness (QED) is 0.671. The van der Waals surface area contributed by atoms with E-state index in [0.29, 0.717) is 6.42 Å². The molecule has 1 unspecified atom stereocenters. The first-order chi connectivity index (χ1) is 9.26. The van der Waals surface area contributed by atoms with Crippen LogP contribution >= 0.6 is 0 Å². The SMILES string of the molecule is CCCC(Cc1ccccc1)NC(=O)CCCNC. The van der Waals surface area contributed by atoms with Crippen molar-refractivity contribution < 1.29 is 4.79 Å². The van der Waals surface area contributed by atoms with Gasteiger partial charge in [0.05, 0.1) is 0 Å². The fourth-order valence-corrected chi connectivity index (χ4v) is 2.20. The number of carbonyl (C=O) groups excluding carboxylic acids is 1. The van der Waals surface area contributed by atoms with E-state index >= 15 is 0 Å². The topological polar surface area (TPSA) is 41.1 Å². The molecule has 0 saturated carbocycles. The number of amides is 1. The summed E-state index contributed by atoms with van der Waals surface area (Å²) in [5.41, 5.74) is 1.29. The van der Waals surface area contributed by atoms with E-state index in [-0.39, 0.29) is 11.9 Å². The molecule has 3 heteroatoms. The van der Waals surface area contributed by atoms with Crippen molar-refractivity contribution in [3.63, 3.8) is 0 Å². The summed E-state index contributed by atoms with van der Waals surface area (Å²) in [5.74, 6) is 0.171. The van der Waals surface area contributed by atoms with Gasteiger partial charge in [-0.25, -0.2) is 0 Å². The second-order valence-electron chi connectivity index (χ2n) is 4.95. The molecule has 0 spiro atoms. The zero-order valence-electron chi connectivity index (χ0n) is 12.1. The summed E-state index contributed by atoms with van der Waals surface area (Å²) in [6.45, 7) is 3.05. The lowest BCUT2D eigenvalue weighted by molar-refractivity contribution is -0.121.